The summed E-state index contributed by atoms with van der Waals surface area (Å²) in [5.41, 5.74) is 0.826. The lowest BCUT2D eigenvalue weighted by Gasteiger charge is -2.22. The van der Waals surface area contributed by atoms with Gasteiger partial charge in [0.15, 0.2) is 0 Å². The average Bonchev–Trinajstić information content (AvgIpc) is 3.28. The highest BCUT2D eigenvalue weighted by Crippen LogP contribution is 2.21. The molecule has 0 unspecified atom stereocenters. The van der Waals surface area contributed by atoms with E-state index in [1.54, 1.807) is 29.4 Å². The molecule has 0 saturated carbocycles. The Kier molecular flexibility index (Phi) is 8.05. The van der Waals surface area contributed by atoms with E-state index in [0.29, 0.717) is 25.3 Å². The molecule has 0 aliphatic heterocycles. The molecule has 0 fully saturated rings. The van der Waals surface area contributed by atoms with Crippen molar-refractivity contribution < 1.29 is 26.2 Å². The number of rotatable bonds is 11. The Morgan fingerprint density at radius 3 is 2.34 bits per heavy atom. The Morgan fingerprint density at radius 2 is 1.72 bits per heavy atom. The lowest BCUT2D eigenvalue weighted by Crippen LogP contribution is -2.29. The normalized spacial score (nSPS) is 11.3. The number of unbranched alkanes of at least 4 members (excludes halogenated alkanes) is 2. The number of hydrogen-bond donors (Lipinski definition) is 0. The molecule has 32 heavy (non-hydrogen) atoms. The molecule has 0 atom stereocenters. The lowest BCUT2D eigenvalue weighted by molar-refractivity contribution is -0.132. The van der Waals surface area contributed by atoms with E-state index in [2.05, 4.69) is 6.92 Å². The number of halogens is 1. The van der Waals surface area contributed by atoms with Crippen molar-refractivity contribution in [2.24, 2.45) is 0 Å². The molecule has 1 amide bonds. The summed E-state index contributed by atoms with van der Waals surface area (Å²) in [5.74, 6) is 0.329. The van der Waals surface area contributed by atoms with Gasteiger partial charge in [-0.2, -0.15) is 8.42 Å². The predicted molar refractivity (Wildman–Crippen MR) is 118 cm³/mol. The second-order valence-corrected chi connectivity index (χ2v) is 8.97. The van der Waals surface area contributed by atoms with Crippen molar-refractivity contribution in [2.75, 3.05) is 0 Å². The first-order valence-corrected chi connectivity index (χ1v) is 11.9. The fourth-order valence-corrected chi connectivity index (χ4v) is 4.08. The number of amides is 1. The van der Waals surface area contributed by atoms with Gasteiger partial charge < -0.3 is 13.5 Å². The van der Waals surface area contributed by atoms with Crippen LogP contribution in [0.3, 0.4) is 0 Å². The van der Waals surface area contributed by atoms with Gasteiger partial charge in [0.1, 0.15) is 22.2 Å². The van der Waals surface area contributed by atoms with E-state index in [1.807, 2.05) is 6.07 Å². The molecule has 6 nitrogen and oxygen atoms in total. The summed E-state index contributed by atoms with van der Waals surface area (Å²) in [6.45, 7) is 2.80. The fraction of sp³-hybridized carbons (Fsp3) is 0.292. The van der Waals surface area contributed by atoms with Crippen LogP contribution in [0.2, 0.25) is 0 Å². The number of nitrogens with zero attached hydrogens (tertiary/aromatic N) is 1. The maximum absolute atomic E-state index is 13.0. The van der Waals surface area contributed by atoms with Crippen LogP contribution in [-0.4, -0.2) is 19.2 Å². The maximum Gasteiger partial charge on any atom is 0.339 e. The number of benzene rings is 2. The Labute approximate surface area is 187 Å². The van der Waals surface area contributed by atoms with Crippen molar-refractivity contribution in [1.29, 1.82) is 0 Å². The third-order valence-electron chi connectivity index (χ3n) is 4.88. The van der Waals surface area contributed by atoms with Crippen molar-refractivity contribution in [3.63, 3.8) is 0 Å². The summed E-state index contributed by atoms with van der Waals surface area (Å²) in [4.78, 5) is 14.3. The lowest BCUT2D eigenvalue weighted by atomic mass is 10.1. The first-order chi connectivity index (χ1) is 15.4. The fourth-order valence-electron chi connectivity index (χ4n) is 3.15. The molecule has 0 aliphatic carbocycles. The molecule has 2 aromatic carbocycles. The minimum Gasteiger partial charge on any atom is -0.467 e. The van der Waals surface area contributed by atoms with Crippen LogP contribution in [0.1, 0.15) is 43.9 Å². The summed E-state index contributed by atoms with van der Waals surface area (Å²) in [5, 5.41) is 0. The zero-order chi connectivity index (χ0) is 23.0. The van der Waals surface area contributed by atoms with Gasteiger partial charge in [0.05, 0.1) is 12.8 Å². The van der Waals surface area contributed by atoms with Gasteiger partial charge in [-0.1, -0.05) is 31.9 Å². The molecule has 0 aliphatic rings. The molecule has 170 valence electrons. The topological polar surface area (TPSA) is 76.8 Å². The van der Waals surface area contributed by atoms with E-state index in [-0.39, 0.29) is 16.6 Å². The van der Waals surface area contributed by atoms with Gasteiger partial charge in [-0.25, -0.2) is 4.39 Å². The van der Waals surface area contributed by atoms with Crippen LogP contribution in [0.25, 0.3) is 0 Å². The van der Waals surface area contributed by atoms with Crippen LogP contribution in [-0.2, 0) is 28.0 Å². The van der Waals surface area contributed by atoms with Crippen molar-refractivity contribution in [3.05, 3.63) is 84.1 Å². The van der Waals surface area contributed by atoms with Crippen molar-refractivity contribution in [2.45, 2.75) is 50.6 Å². The van der Waals surface area contributed by atoms with Gasteiger partial charge in [0, 0.05) is 13.0 Å². The SMILES string of the molecule is CCCCCC(=O)N(Cc1ccc(OS(=O)(=O)c2ccc(F)cc2)cc1)Cc1ccco1. The van der Waals surface area contributed by atoms with E-state index in [4.69, 9.17) is 8.60 Å². The van der Waals surface area contributed by atoms with Gasteiger partial charge in [0.25, 0.3) is 0 Å². The quantitative estimate of drug-likeness (QED) is 0.287. The average molecular weight is 460 g/mol. The summed E-state index contributed by atoms with van der Waals surface area (Å²) in [6.07, 6.45) is 4.90. The molecule has 0 spiro atoms. The maximum atomic E-state index is 13.0. The molecular formula is C24H26FNO5S. The highest BCUT2D eigenvalue weighted by atomic mass is 32.2. The van der Waals surface area contributed by atoms with E-state index in [9.17, 15) is 17.6 Å². The standard InChI is InChI=1S/C24H26FNO5S/c1-2-3-4-7-24(27)26(18-22-6-5-16-30-22)17-19-8-12-21(13-9-19)31-32(28,29)23-14-10-20(25)11-15-23/h5-6,8-16H,2-4,7,17-18H2,1H3. The van der Waals surface area contributed by atoms with Crippen LogP contribution in [0.5, 0.6) is 5.75 Å². The van der Waals surface area contributed by atoms with E-state index < -0.39 is 15.9 Å². The summed E-state index contributed by atoms with van der Waals surface area (Å²) < 4.78 is 48.3. The van der Waals surface area contributed by atoms with Crippen LogP contribution in [0, 0.1) is 5.82 Å². The second-order valence-electron chi connectivity index (χ2n) is 7.42. The largest absolute Gasteiger partial charge is 0.467 e. The highest BCUT2D eigenvalue weighted by molar-refractivity contribution is 7.87. The first-order valence-electron chi connectivity index (χ1n) is 10.5. The Bertz CT molecular complexity index is 1090. The summed E-state index contributed by atoms with van der Waals surface area (Å²) in [6, 6.07) is 14.5. The molecule has 8 heteroatoms. The third kappa shape index (κ3) is 6.68. The molecule has 0 saturated heterocycles. The van der Waals surface area contributed by atoms with Gasteiger partial charge in [0.2, 0.25) is 5.91 Å². The van der Waals surface area contributed by atoms with Gasteiger partial charge in [-0.05, 0) is 60.5 Å². The zero-order valence-corrected chi connectivity index (χ0v) is 18.7. The summed E-state index contributed by atoms with van der Waals surface area (Å²) >= 11 is 0. The smallest absolute Gasteiger partial charge is 0.339 e. The monoisotopic (exact) mass is 459 g/mol. The number of furan rings is 1. The number of hydrogen-bond acceptors (Lipinski definition) is 5. The molecule has 0 N–H and O–H groups in total. The highest BCUT2D eigenvalue weighted by Gasteiger charge is 2.18. The molecule has 0 radical (unpaired) electrons. The zero-order valence-electron chi connectivity index (χ0n) is 17.9. The first kappa shape index (κ1) is 23.5. The van der Waals surface area contributed by atoms with Crippen LogP contribution < -0.4 is 4.18 Å². The molecule has 1 aromatic heterocycles. The van der Waals surface area contributed by atoms with Gasteiger partial charge in [-0.15, -0.1) is 0 Å². The Morgan fingerprint density at radius 1 is 1.00 bits per heavy atom. The molecule has 0 bridgehead atoms. The summed E-state index contributed by atoms with van der Waals surface area (Å²) in [7, 11) is -4.07. The van der Waals surface area contributed by atoms with E-state index in [1.165, 1.54) is 12.1 Å². The van der Waals surface area contributed by atoms with Crippen molar-refractivity contribution in [1.82, 2.24) is 4.90 Å². The molecule has 3 aromatic rings. The second kappa shape index (κ2) is 10.9. The molecule has 1 heterocycles. The van der Waals surface area contributed by atoms with Gasteiger partial charge in [-0.3, -0.25) is 4.79 Å². The van der Waals surface area contributed by atoms with Crippen LogP contribution in [0.15, 0.2) is 76.2 Å². The predicted octanol–water partition coefficient (Wildman–Crippen LogP) is 5.30. The Balaban J connectivity index is 1.68. The number of carbonyl (C=O) groups excluding carboxylic acids is 1. The van der Waals surface area contributed by atoms with E-state index in [0.717, 1.165) is 49.1 Å². The van der Waals surface area contributed by atoms with Crippen molar-refractivity contribution >= 4 is 16.0 Å². The minimum absolute atomic E-state index is 0.0362. The molecular weight excluding hydrogens is 433 g/mol. The van der Waals surface area contributed by atoms with Crippen LogP contribution >= 0.6 is 0 Å². The molecule has 3 rings (SSSR count). The van der Waals surface area contributed by atoms with Gasteiger partial charge >= 0.3 is 10.1 Å². The van der Waals surface area contributed by atoms with E-state index >= 15 is 0 Å². The Hall–Kier alpha value is -3.13. The minimum atomic E-state index is -4.07. The van der Waals surface area contributed by atoms with Crippen molar-refractivity contribution in [3.8, 4) is 5.75 Å². The third-order valence-corrected chi connectivity index (χ3v) is 6.14. The number of carbonyl (C=O) groups is 1. The van der Waals surface area contributed by atoms with Crippen LogP contribution in [0.4, 0.5) is 4.39 Å².